The molecule has 4 nitrogen and oxygen atoms in total. The molecule has 1 aromatic rings. The van der Waals surface area contributed by atoms with Crippen molar-refractivity contribution in [1.82, 2.24) is 4.83 Å². The first kappa shape index (κ1) is 12.7. The lowest BCUT2D eigenvalue weighted by Crippen LogP contribution is -2.18. The van der Waals surface area contributed by atoms with Crippen LogP contribution in [0.2, 0.25) is 0 Å². The first-order valence-corrected chi connectivity index (χ1v) is 6.96. The summed E-state index contributed by atoms with van der Waals surface area (Å²) in [6, 6.07) is 9.83. The minimum Gasteiger partial charge on any atom is -0.206 e. The molecule has 0 amide bonds. The molecule has 0 saturated heterocycles. The summed E-state index contributed by atoms with van der Waals surface area (Å²) in [6.45, 7) is 1.95. The number of hydrogen-bond acceptors (Lipinski definition) is 3. The van der Waals surface area contributed by atoms with Gasteiger partial charge in [0.1, 0.15) is 0 Å². The number of hydrazone groups is 1. The second-order valence-electron chi connectivity index (χ2n) is 3.56. The van der Waals surface area contributed by atoms with Gasteiger partial charge in [-0.25, -0.2) is 13.2 Å². The lowest BCUT2D eigenvalue weighted by molar-refractivity contribution is 0.590. The minimum absolute atomic E-state index is 0.667. The summed E-state index contributed by atoms with van der Waals surface area (Å²) in [5, 5.41) is 3.89. The van der Waals surface area contributed by atoms with Gasteiger partial charge in [0.25, 0.3) is 0 Å². The van der Waals surface area contributed by atoms with E-state index >= 15 is 0 Å². The van der Waals surface area contributed by atoms with Gasteiger partial charge in [0.15, 0.2) is 0 Å². The van der Waals surface area contributed by atoms with E-state index in [1.54, 1.807) is 0 Å². The third-order valence-electron chi connectivity index (χ3n) is 2.03. The van der Waals surface area contributed by atoms with Crippen molar-refractivity contribution in [3.8, 4) is 0 Å². The van der Waals surface area contributed by atoms with E-state index in [9.17, 15) is 8.42 Å². The van der Waals surface area contributed by atoms with E-state index in [0.717, 1.165) is 24.0 Å². The quantitative estimate of drug-likeness (QED) is 0.627. The average molecular weight is 240 g/mol. The molecule has 0 radical (unpaired) electrons. The summed E-state index contributed by atoms with van der Waals surface area (Å²) in [7, 11) is -3.26. The number of sulfonamides is 1. The Kier molecular flexibility index (Phi) is 4.49. The fourth-order valence-electron chi connectivity index (χ4n) is 1.22. The predicted molar refractivity (Wildman–Crippen MR) is 65.9 cm³/mol. The molecule has 16 heavy (non-hydrogen) atoms. The molecule has 1 rings (SSSR count). The Morgan fingerprint density at radius 3 is 2.44 bits per heavy atom. The molecule has 5 heteroatoms. The van der Waals surface area contributed by atoms with Gasteiger partial charge in [-0.1, -0.05) is 37.3 Å². The van der Waals surface area contributed by atoms with E-state index in [-0.39, 0.29) is 0 Å². The molecule has 88 valence electrons. The molecule has 0 fully saturated rings. The minimum atomic E-state index is -3.26. The molecule has 0 bridgehead atoms. The van der Waals surface area contributed by atoms with Crippen molar-refractivity contribution in [3.63, 3.8) is 0 Å². The van der Waals surface area contributed by atoms with Gasteiger partial charge in [-0.05, 0) is 12.0 Å². The van der Waals surface area contributed by atoms with Crippen molar-refractivity contribution in [2.24, 2.45) is 5.10 Å². The molecule has 1 aromatic carbocycles. The summed E-state index contributed by atoms with van der Waals surface area (Å²) >= 11 is 0. The Morgan fingerprint density at radius 1 is 1.31 bits per heavy atom. The van der Waals surface area contributed by atoms with Crippen LogP contribution in [0.15, 0.2) is 35.4 Å². The molecule has 1 N–H and O–H groups in total. The summed E-state index contributed by atoms with van der Waals surface area (Å²) in [5.74, 6) is 0. The standard InChI is InChI=1S/C11H16N2O2S/c1-3-11(12-13-16(2,14)15)9-10-7-5-4-6-8-10/h4-8,13H,3,9H2,1-2H3/b12-11+. The highest BCUT2D eigenvalue weighted by Crippen LogP contribution is 2.02. The fraction of sp³-hybridized carbons (Fsp3) is 0.364. The van der Waals surface area contributed by atoms with Crippen molar-refractivity contribution in [2.75, 3.05) is 6.26 Å². The van der Waals surface area contributed by atoms with Crippen LogP contribution in [0.5, 0.6) is 0 Å². The van der Waals surface area contributed by atoms with Gasteiger partial charge in [0.05, 0.1) is 6.26 Å². The van der Waals surface area contributed by atoms with Crippen molar-refractivity contribution >= 4 is 15.7 Å². The van der Waals surface area contributed by atoms with E-state index in [1.165, 1.54) is 0 Å². The molecule has 0 unspecified atom stereocenters. The van der Waals surface area contributed by atoms with E-state index < -0.39 is 10.0 Å². The number of benzene rings is 1. The summed E-state index contributed by atoms with van der Waals surface area (Å²) in [5.41, 5.74) is 1.94. The summed E-state index contributed by atoms with van der Waals surface area (Å²) < 4.78 is 21.8. The van der Waals surface area contributed by atoms with E-state index in [2.05, 4.69) is 9.93 Å². The highest BCUT2D eigenvalue weighted by atomic mass is 32.2. The maximum Gasteiger partial charge on any atom is 0.244 e. The summed E-state index contributed by atoms with van der Waals surface area (Å²) in [6.07, 6.45) is 2.48. The van der Waals surface area contributed by atoms with Crippen molar-refractivity contribution < 1.29 is 8.42 Å². The first-order valence-electron chi connectivity index (χ1n) is 5.07. The highest BCUT2D eigenvalue weighted by molar-refractivity contribution is 7.88. The number of hydrogen-bond donors (Lipinski definition) is 1. The number of rotatable bonds is 5. The maximum absolute atomic E-state index is 10.9. The molecule has 0 saturated carbocycles. The molecule has 0 aliphatic rings. The zero-order valence-electron chi connectivity index (χ0n) is 9.47. The Morgan fingerprint density at radius 2 is 1.94 bits per heavy atom. The smallest absolute Gasteiger partial charge is 0.206 e. The van der Waals surface area contributed by atoms with Crippen LogP contribution in [0.25, 0.3) is 0 Å². The van der Waals surface area contributed by atoms with E-state index in [0.29, 0.717) is 6.42 Å². The zero-order valence-corrected chi connectivity index (χ0v) is 10.3. The van der Waals surface area contributed by atoms with Gasteiger partial charge in [0, 0.05) is 12.1 Å². The second-order valence-corrected chi connectivity index (χ2v) is 5.28. The molecule has 0 aliphatic carbocycles. The van der Waals surface area contributed by atoms with Crippen LogP contribution in [0, 0.1) is 0 Å². The van der Waals surface area contributed by atoms with Crippen LogP contribution in [-0.4, -0.2) is 20.4 Å². The fourth-order valence-corrected chi connectivity index (χ4v) is 1.52. The second kappa shape index (κ2) is 5.65. The third kappa shape index (κ3) is 4.93. The average Bonchev–Trinajstić information content (AvgIpc) is 2.24. The first-order chi connectivity index (χ1) is 7.51. The highest BCUT2D eigenvalue weighted by Gasteiger charge is 2.01. The Balaban J connectivity index is 2.70. The lowest BCUT2D eigenvalue weighted by Gasteiger charge is -2.04. The van der Waals surface area contributed by atoms with Crippen molar-refractivity contribution in [1.29, 1.82) is 0 Å². The van der Waals surface area contributed by atoms with Crippen LogP contribution >= 0.6 is 0 Å². The normalized spacial score (nSPS) is 12.5. The van der Waals surface area contributed by atoms with Crippen LogP contribution in [0.1, 0.15) is 18.9 Å². The molecule has 0 atom stereocenters. The zero-order chi connectivity index (χ0) is 12.0. The van der Waals surface area contributed by atoms with Crippen molar-refractivity contribution in [3.05, 3.63) is 35.9 Å². The molecular weight excluding hydrogens is 224 g/mol. The van der Waals surface area contributed by atoms with Gasteiger partial charge >= 0.3 is 0 Å². The van der Waals surface area contributed by atoms with Gasteiger partial charge < -0.3 is 0 Å². The Hall–Kier alpha value is -1.36. The number of nitrogens with zero attached hydrogens (tertiary/aromatic N) is 1. The molecule has 0 aromatic heterocycles. The lowest BCUT2D eigenvalue weighted by atomic mass is 10.1. The Bertz CT molecular complexity index is 452. The van der Waals surface area contributed by atoms with E-state index in [1.807, 2.05) is 37.3 Å². The SMILES string of the molecule is CC/C(Cc1ccccc1)=N\NS(C)(=O)=O. The molecule has 0 heterocycles. The van der Waals surface area contributed by atoms with Gasteiger partial charge in [-0.15, -0.1) is 0 Å². The van der Waals surface area contributed by atoms with Crippen molar-refractivity contribution in [2.45, 2.75) is 19.8 Å². The maximum atomic E-state index is 10.9. The van der Waals surface area contributed by atoms with Crippen LogP contribution in [-0.2, 0) is 16.4 Å². The number of nitrogens with one attached hydrogen (secondary N) is 1. The van der Waals surface area contributed by atoms with E-state index in [4.69, 9.17) is 0 Å². The van der Waals surface area contributed by atoms with Crippen LogP contribution in [0.3, 0.4) is 0 Å². The van der Waals surface area contributed by atoms with Gasteiger partial charge in [-0.3, -0.25) is 0 Å². The summed E-state index contributed by atoms with van der Waals surface area (Å²) in [4.78, 5) is 2.15. The largest absolute Gasteiger partial charge is 0.244 e. The predicted octanol–water partition coefficient (Wildman–Crippen LogP) is 1.54. The van der Waals surface area contributed by atoms with Gasteiger partial charge in [-0.2, -0.15) is 5.10 Å². The topological polar surface area (TPSA) is 58.5 Å². The van der Waals surface area contributed by atoms with Crippen LogP contribution in [0.4, 0.5) is 0 Å². The van der Waals surface area contributed by atoms with Gasteiger partial charge in [0.2, 0.25) is 10.0 Å². The molecule has 0 aliphatic heterocycles. The van der Waals surface area contributed by atoms with Crippen LogP contribution < -0.4 is 4.83 Å². The monoisotopic (exact) mass is 240 g/mol. The molecular formula is C11H16N2O2S. The molecule has 0 spiro atoms. The Labute approximate surface area is 96.4 Å². The third-order valence-corrected chi connectivity index (χ3v) is 2.45.